The van der Waals surface area contributed by atoms with Crippen molar-refractivity contribution in [2.45, 2.75) is 96.6 Å². The number of aliphatic hydroxyl groups is 4. The molecule has 0 unspecified atom stereocenters. The number of aliphatic carboxylic acids is 3. The number of carbonyl (C=O) groups is 3. The Balaban J connectivity index is 0.000000651. The van der Waals surface area contributed by atoms with Crippen LogP contribution >= 0.6 is 0 Å². The fourth-order valence-corrected chi connectivity index (χ4v) is 6.85. The van der Waals surface area contributed by atoms with Crippen LogP contribution in [0, 0.1) is 11.6 Å². The molecule has 2 aromatic carbocycles. The summed E-state index contributed by atoms with van der Waals surface area (Å²) in [4.78, 5) is 48.1. The molecule has 388 valence electrons. The molecule has 4 rings (SSSR count). The van der Waals surface area contributed by atoms with E-state index in [1.165, 1.54) is 86.9 Å². The number of carboxylic acid groups (broad SMARTS) is 3. The summed E-state index contributed by atoms with van der Waals surface area (Å²) in [5.74, 6) is -4.57. The topological polar surface area (TPSA) is 319 Å². The van der Waals surface area contributed by atoms with Gasteiger partial charge in [-0.15, -0.1) is 0 Å². The fraction of sp³-hybridized carbons (Fsp3) is 0.413. The van der Waals surface area contributed by atoms with E-state index in [9.17, 15) is 55.6 Å². The summed E-state index contributed by atoms with van der Waals surface area (Å²) in [5.41, 5.74) is 3.60. The van der Waals surface area contributed by atoms with Gasteiger partial charge in [0.1, 0.15) is 11.6 Å². The zero-order chi connectivity index (χ0) is 53.4. The zero-order valence-electron chi connectivity index (χ0n) is 40.0. The minimum absolute atomic E-state index is 0. The molecule has 0 saturated carbocycles. The number of anilines is 2. The van der Waals surface area contributed by atoms with Crippen molar-refractivity contribution in [1.82, 2.24) is 19.9 Å². The van der Waals surface area contributed by atoms with E-state index in [1.54, 1.807) is 0 Å². The predicted octanol–water partition coefficient (Wildman–Crippen LogP) is 3.98. The first-order valence-corrected chi connectivity index (χ1v) is 25.0. The van der Waals surface area contributed by atoms with Crippen LogP contribution in [0.15, 0.2) is 60.7 Å². The van der Waals surface area contributed by atoms with Crippen molar-refractivity contribution >= 4 is 99.7 Å². The fourth-order valence-electron chi connectivity index (χ4n) is 6.09. The van der Waals surface area contributed by atoms with Crippen LogP contribution in [0.3, 0.4) is 0 Å². The second-order valence-corrected chi connectivity index (χ2v) is 20.5. The first-order chi connectivity index (χ1) is 32.3. The van der Waals surface area contributed by atoms with Crippen LogP contribution in [0.1, 0.15) is 94.7 Å². The molecule has 2 aromatic heterocycles. The average Bonchev–Trinajstić information content (AvgIpc) is 3.23. The molecule has 0 aliphatic heterocycles. The molecule has 0 fully saturated rings. The molecule has 0 aliphatic rings. The summed E-state index contributed by atoms with van der Waals surface area (Å²) in [6, 6.07) is 11.0. The summed E-state index contributed by atoms with van der Waals surface area (Å²) in [5, 5.41) is 65.0. The van der Waals surface area contributed by atoms with Gasteiger partial charge in [-0.05, 0) is 60.4 Å². The maximum absolute atomic E-state index is 13.5. The van der Waals surface area contributed by atoms with Crippen molar-refractivity contribution in [3.63, 3.8) is 0 Å². The first-order valence-electron chi connectivity index (χ1n) is 21.3. The van der Waals surface area contributed by atoms with Crippen molar-refractivity contribution < 1.29 is 75.7 Å². The molecule has 2 heterocycles. The SMILES string of the molecule is CC(=O)O.CC(C)c1nc(N(C)S(C)(=O)=O)nc(-c2ccc(F)cc2)c1C=C[C@@H](O)C[C@@H](O)CC(=O)O.CC(C)c1nc(N(C)S(C)(=O)=O)nc(-c2ccc(F)cc2)c1C=C[C@@H](O)C[C@@H](O)CC(=O)O.[CaH2]. The Morgan fingerprint density at radius 2 is 0.873 bits per heavy atom. The Morgan fingerprint density at radius 3 is 1.11 bits per heavy atom. The van der Waals surface area contributed by atoms with Crippen LogP contribution in [0.4, 0.5) is 20.7 Å². The second-order valence-electron chi connectivity index (χ2n) is 16.5. The van der Waals surface area contributed by atoms with Crippen LogP contribution in [0.2, 0.25) is 0 Å². The Hall–Kier alpha value is -5.05. The first kappa shape index (κ1) is 64.0. The molecular formula is C46H62CaF2N6O14S2. The molecule has 4 aromatic rings. The van der Waals surface area contributed by atoms with Crippen molar-refractivity contribution in [2.75, 3.05) is 35.2 Å². The molecule has 0 radical (unpaired) electrons. The molecule has 0 spiro atoms. The van der Waals surface area contributed by atoms with Crippen molar-refractivity contribution in [3.05, 3.63) is 94.8 Å². The molecule has 4 atom stereocenters. The van der Waals surface area contributed by atoms with Gasteiger partial charge in [-0.2, -0.15) is 0 Å². The Labute approximate surface area is 441 Å². The maximum atomic E-state index is 13.5. The molecule has 0 bridgehead atoms. The van der Waals surface area contributed by atoms with Crippen LogP contribution in [-0.4, -0.2) is 179 Å². The van der Waals surface area contributed by atoms with E-state index in [4.69, 9.17) is 20.1 Å². The molecule has 0 amide bonds. The van der Waals surface area contributed by atoms with Gasteiger partial charge in [0, 0.05) is 56.1 Å². The van der Waals surface area contributed by atoms with Crippen LogP contribution in [0.5, 0.6) is 0 Å². The van der Waals surface area contributed by atoms with E-state index >= 15 is 0 Å². The predicted molar refractivity (Wildman–Crippen MR) is 267 cm³/mol. The molecule has 25 heteroatoms. The van der Waals surface area contributed by atoms with Crippen LogP contribution in [0.25, 0.3) is 34.7 Å². The Bertz CT molecular complexity index is 2530. The summed E-state index contributed by atoms with van der Waals surface area (Å²) in [6.45, 7) is 8.49. The molecule has 0 saturated heterocycles. The van der Waals surface area contributed by atoms with Gasteiger partial charge >= 0.3 is 49.7 Å². The molecule has 7 N–H and O–H groups in total. The quantitative estimate of drug-likeness (QED) is 0.0616. The monoisotopic (exact) mass is 1060 g/mol. The number of halogens is 2. The number of benzene rings is 2. The van der Waals surface area contributed by atoms with Gasteiger partial charge in [0.15, 0.2) is 0 Å². The van der Waals surface area contributed by atoms with Gasteiger partial charge in [-0.25, -0.2) is 54.2 Å². The number of carboxylic acids is 3. The Kier molecular flexibility index (Phi) is 26.0. The third kappa shape index (κ3) is 21.7. The molecule has 20 nitrogen and oxygen atoms in total. The second kappa shape index (κ2) is 28.9. The molecular weight excluding hydrogens is 1000 g/mol. The van der Waals surface area contributed by atoms with Crippen molar-refractivity contribution in [3.8, 4) is 22.5 Å². The van der Waals surface area contributed by atoms with E-state index < -0.39 is 86.8 Å². The van der Waals surface area contributed by atoms with E-state index in [1.807, 2.05) is 27.7 Å². The third-order valence-electron chi connectivity index (χ3n) is 9.63. The standard InChI is InChI=1S/2C22H28FN3O6S.C2H4O2.Ca.2H/c2*1-13(2)20-18(10-9-16(27)11-17(28)12-19(29)30)21(14-5-7-15(23)8-6-14)25-22(24-20)26(3)33(4,31)32;1-2(3)4;;;/h2*5-10,13,16-17,27-28H,11-12H2,1-4H3,(H,29,30);1H3,(H,3,4);;;/t2*16-,17-;;;;/m11..../s1. The number of nitrogens with zero attached hydrogens (tertiary/aromatic N) is 6. The van der Waals surface area contributed by atoms with Crippen molar-refractivity contribution in [2.24, 2.45) is 0 Å². The zero-order valence-corrected chi connectivity index (χ0v) is 41.6. The van der Waals surface area contributed by atoms with Gasteiger partial charge in [-0.3, -0.25) is 14.4 Å². The Morgan fingerprint density at radius 1 is 0.592 bits per heavy atom. The number of hydrogen-bond donors (Lipinski definition) is 7. The van der Waals surface area contributed by atoms with Gasteiger partial charge in [0.25, 0.3) is 5.97 Å². The summed E-state index contributed by atoms with van der Waals surface area (Å²) in [7, 11) is -4.65. The number of hydrogen-bond acceptors (Lipinski definition) is 15. The number of rotatable bonds is 20. The third-order valence-corrected chi connectivity index (χ3v) is 11.9. The summed E-state index contributed by atoms with van der Waals surface area (Å²) < 4.78 is 77.2. The van der Waals surface area contributed by atoms with Gasteiger partial charge in [-0.1, -0.05) is 52.0 Å². The van der Waals surface area contributed by atoms with E-state index in [0.717, 1.165) is 28.0 Å². The number of sulfonamides is 2. The van der Waals surface area contributed by atoms with Gasteiger partial charge in [0.05, 0.1) is 72.5 Å². The van der Waals surface area contributed by atoms with Crippen molar-refractivity contribution in [1.29, 1.82) is 0 Å². The van der Waals surface area contributed by atoms with Gasteiger partial charge < -0.3 is 35.7 Å². The van der Waals surface area contributed by atoms with Gasteiger partial charge in [0.2, 0.25) is 31.9 Å². The van der Waals surface area contributed by atoms with E-state index in [-0.39, 0.29) is 74.3 Å². The average molecular weight is 1070 g/mol. The molecule has 0 aliphatic carbocycles. The molecule has 71 heavy (non-hydrogen) atoms. The van der Waals surface area contributed by atoms with E-state index in [0.29, 0.717) is 45.0 Å². The van der Waals surface area contributed by atoms with E-state index in [2.05, 4.69) is 19.9 Å². The number of aliphatic hydroxyl groups excluding tert-OH is 4. The van der Waals surface area contributed by atoms with Crippen LogP contribution < -0.4 is 8.61 Å². The summed E-state index contributed by atoms with van der Waals surface area (Å²) >= 11 is 0. The number of aromatic nitrogens is 4. The van der Waals surface area contributed by atoms with Crippen LogP contribution in [-0.2, 0) is 34.4 Å². The summed E-state index contributed by atoms with van der Waals surface area (Å²) in [6.07, 6.45) is 1.72. The minimum atomic E-state index is -3.65. The normalized spacial score (nSPS) is 13.3.